The Morgan fingerprint density at radius 2 is 0.670 bits per heavy atom. The van der Waals surface area contributed by atoms with Crippen LogP contribution in [0.25, 0.3) is 5.73 Å². The fraction of sp³-hybridized carbons (Fsp3) is 0.923. The Balaban J connectivity index is 0.000000346. The number of guanidine groups is 2. The standard InChI is InChI=1S/C29H53N6O17.C23H43N5O13.Y/c1-8-16(34-9(2)40)20(43)24(11(5-37)46-8)50-27-15(31)19(42)23(12(6-38)48-27)52-28-17(35-29(32)33)21(44)25(13(7-39)49-28)51-26-14(30)18(41)22(45-3)10(4-36)47-26;1-7-13(27-8(2)32)16(34)19(10(5-30)37-7)41-22-14(28-23(25)26)17(35)20(11(6-31)39-22)40-21-12(24)15(33)18(36-3)9(4-29)38-21;/h8,10-28,31,36-39,41-44H,4-7,30H2,1-3H3,(H,34,40)(H4,32,33,35);7,9-22,29-31,33-35H,4-6,24H2,1-3H3,(H,27,32)(H4,25,26,28);/q-1;;. The number of nitrogens with two attached hydrogens (primary N) is 6. The van der Waals surface area contributed by atoms with Crippen molar-refractivity contribution in [2.24, 2.45) is 44.4 Å². The van der Waals surface area contributed by atoms with Crippen LogP contribution in [0.4, 0.5) is 0 Å². The maximum atomic E-state index is 11.7. The van der Waals surface area contributed by atoms with E-state index in [4.69, 9.17) is 106 Å². The van der Waals surface area contributed by atoms with Gasteiger partial charge in [0.05, 0.1) is 88.7 Å². The van der Waals surface area contributed by atoms with Crippen LogP contribution in [0.15, 0.2) is 9.98 Å². The van der Waals surface area contributed by atoms with Gasteiger partial charge in [-0.1, -0.05) is 6.04 Å². The van der Waals surface area contributed by atoms with Crippen LogP contribution in [0.2, 0.25) is 0 Å². The van der Waals surface area contributed by atoms with Crippen LogP contribution in [0.1, 0.15) is 27.7 Å². The molecule has 0 aromatic heterocycles. The smallest absolute Gasteiger partial charge is 0.217 e. The minimum atomic E-state index is -1.81. The zero-order valence-corrected chi connectivity index (χ0v) is 55.2. The van der Waals surface area contributed by atoms with Crippen molar-refractivity contribution in [3.8, 4) is 0 Å². The number of nitrogens with zero attached hydrogens (tertiary/aromatic N) is 2. The zero-order valence-electron chi connectivity index (χ0n) is 52.4. The summed E-state index contributed by atoms with van der Waals surface area (Å²) >= 11 is 0. The first kappa shape index (κ1) is 82.0. The third kappa shape index (κ3) is 19.0. The molecule has 29 N–H and O–H groups in total. The molecular weight excluding hydrogens is 1350 g/mol. The van der Waals surface area contributed by atoms with Crippen molar-refractivity contribution in [1.82, 2.24) is 10.6 Å². The van der Waals surface area contributed by atoms with Gasteiger partial charge in [-0.3, -0.25) is 9.59 Å². The van der Waals surface area contributed by atoms with Gasteiger partial charge >= 0.3 is 0 Å². The van der Waals surface area contributed by atoms with E-state index >= 15 is 0 Å². The summed E-state index contributed by atoms with van der Waals surface area (Å²) < 4.78 is 80.3. The Labute approximate surface area is 564 Å². The first-order valence-electron chi connectivity index (χ1n) is 29.9. The summed E-state index contributed by atoms with van der Waals surface area (Å²) in [7, 11) is 2.59. The number of aliphatic imine (C=N–C) groups is 2. The van der Waals surface area contributed by atoms with E-state index in [9.17, 15) is 81.1 Å². The minimum absolute atomic E-state index is 0. The van der Waals surface area contributed by atoms with E-state index in [0.29, 0.717) is 0 Å². The summed E-state index contributed by atoms with van der Waals surface area (Å²) in [5, 5.41) is 153. The minimum Gasteiger partial charge on any atom is -0.668 e. The fourth-order valence-corrected chi connectivity index (χ4v) is 12.2. The van der Waals surface area contributed by atoms with Gasteiger partial charge in [-0.15, -0.1) is 0 Å². The molecule has 7 aliphatic heterocycles. The molecule has 42 heteroatoms. The number of ether oxygens (including phenoxy) is 14. The molecule has 0 spiro atoms. The van der Waals surface area contributed by atoms with E-state index in [0.717, 1.165) is 0 Å². The molecule has 0 aromatic rings. The molecule has 35 atom stereocenters. The number of nitrogens with one attached hydrogen (secondary N) is 3. The largest absolute Gasteiger partial charge is 0.668 e. The van der Waals surface area contributed by atoms with Crippen LogP contribution in [0.5, 0.6) is 0 Å². The molecule has 94 heavy (non-hydrogen) atoms. The van der Waals surface area contributed by atoms with Crippen molar-refractivity contribution in [2.45, 2.75) is 242 Å². The van der Waals surface area contributed by atoms with Crippen molar-refractivity contribution < 1.29 is 180 Å². The second-order valence-corrected chi connectivity index (χ2v) is 23.3. The number of aliphatic hydroxyl groups is 14. The Morgan fingerprint density at radius 3 is 0.968 bits per heavy atom. The number of rotatable bonds is 23. The molecule has 7 saturated heterocycles. The van der Waals surface area contributed by atoms with Crippen LogP contribution in [0.3, 0.4) is 0 Å². The van der Waals surface area contributed by atoms with Crippen molar-refractivity contribution >= 4 is 23.7 Å². The molecule has 7 rings (SSSR count). The molecule has 7 heterocycles. The van der Waals surface area contributed by atoms with Gasteiger partial charge < -0.3 is 189 Å². The summed E-state index contributed by atoms with van der Waals surface area (Å²) in [6, 6.07) is -8.99. The summed E-state index contributed by atoms with van der Waals surface area (Å²) in [6.45, 7) is 0.992. The van der Waals surface area contributed by atoms with E-state index in [1.165, 1.54) is 28.1 Å². The van der Waals surface area contributed by atoms with Gasteiger partial charge in [0.15, 0.2) is 37.1 Å². The van der Waals surface area contributed by atoms with Gasteiger partial charge in [0, 0.05) is 60.8 Å². The Bertz CT molecular complexity index is 2370. The molecule has 0 bridgehead atoms. The van der Waals surface area contributed by atoms with E-state index in [2.05, 4.69) is 20.6 Å². The molecule has 0 aromatic carbocycles. The molecule has 7 aliphatic rings. The topological polar surface area (TPSA) is 675 Å². The third-order valence-electron chi connectivity index (χ3n) is 16.9. The van der Waals surface area contributed by atoms with Crippen molar-refractivity contribution in [3.05, 3.63) is 5.73 Å². The average molecular weight is 1440 g/mol. The number of methoxy groups -OCH3 is 2. The van der Waals surface area contributed by atoms with Gasteiger partial charge in [-0.25, -0.2) is 9.98 Å². The van der Waals surface area contributed by atoms with E-state index in [1.807, 2.05) is 0 Å². The number of carbonyl (C=O) groups is 2. The van der Waals surface area contributed by atoms with Gasteiger partial charge in [0.2, 0.25) is 11.8 Å². The number of hydrogen-bond donors (Lipinski definition) is 22. The maximum absolute atomic E-state index is 11.7. The predicted octanol–water partition coefficient (Wildman–Crippen LogP) is -14.0. The average Bonchev–Trinajstić information content (AvgIpc) is 0.790. The number of amides is 2. The molecule has 0 saturated carbocycles. The summed E-state index contributed by atoms with van der Waals surface area (Å²) in [5.74, 6) is -1.93. The number of carbonyl (C=O) groups excluding carboxylic acids is 2. The molecule has 0 aliphatic carbocycles. The SMILES string of the molecule is COC1C(CO)OC(OC2C(CO)OC(OC3C(CO)OC(C)C(NC(C)=O)C3O)C(N=C(N)N)C2O)C(N)C1O.COC1C(CO)OC(OC2C(CO)OC(OC3C(CO)OC(OC4C(CO)OC(C)C(NC(C)=O)C4O)C([NH-])C3O)C(N=C(N)N)C2O)C(N)C1O.[Y]. The molecule has 35 unspecified atom stereocenters. The molecule has 543 valence electrons. The van der Waals surface area contributed by atoms with Gasteiger partial charge in [0.25, 0.3) is 0 Å². The summed E-state index contributed by atoms with van der Waals surface area (Å²) in [6.07, 6.45) is -37.5. The Hall–Kier alpha value is -2.66. The summed E-state index contributed by atoms with van der Waals surface area (Å²) in [4.78, 5) is 31.4. The van der Waals surface area contributed by atoms with Crippen LogP contribution >= 0.6 is 0 Å². The number of hydrogen-bond acceptors (Lipinski definition) is 34. The first-order valence-corrected chi connectivity index (χ1v) is 29.9. The third-order valence-corrected chi connectivity index (χ3v) is 16.9. The molecule has 2 amide bonds. The normalized spacial score (nSPS) is 45.8. The van der Waals surface area contributed by atoms with Crippen LogP contribution in [0, 0.1) is 0 Å². The van der Waals surface area contributed by atoms with Gasteiger partial charge in [0.1, 0.15) is 140 Å². The van der Waals surface area contributed by atoms with Crippen molar-refractivity contribution in [1.29, 1.82) is 0 Å². The number of aliphatic hydroxyl groups excluding tert-OH is 14. The van der Waals surface area contributed by atoms with Crippen LogP contribution in [-0.4, -0.2) is 370 Å². The van der Waals surface area contributed by atoms with Gasteiger partial charge in [-0.2, -0.15) is 0 Å². The fourth-order valence-electron chi connectivity index (χ4n) is 12.2. The van der Waals surface area contributed by atoms with Gasteiger partial charge in [-0.05, 0) is 13.8 Å². The first-order chi connectivity index (χ1) is 44.0. The van der Waals surface area contributed by atoms with E-state index < -0.39 is 284 Å². The van der Waals surface area contributed by atoms with Crippen LogP contribution in [-0.2, 0) is 109 Å². The Kier molecular flexibility index (Phi) is 32.4. The molecule has 41 nitrogen and oxygen atoms in total. The predicted molar refractivity (Wildman–Crippen MR) is 308 cm³/mol. The van der Waals surface area contributed by atoms with Crippen molar-refractivity contribution in [3.63, 3.8) is 0 Å². The summed E-state index contributed by atoms with van der Waals surface area (Å²) in [5.41, 5.74) is 43.4. The Morgan fingerprint density at radius 1 is 0.415 bits per heavy atom. The maximum Gasteiger partial charge on any atom is 0.217 e. The zero-order chi connectivity index (χ0) is 69.2. The van der Waals surface area contributed by atoms with Crippen LogP contribution < -0.4 is 45.0 Å². The molecular formula is C52H96N11O30Y-. The second-order valence-electron chi connectivity index (χ2n) is 23.3. The molecule has 7 fully saturated rings. The van der Waals surface area contributed by atoms with Crippen molar-refractivity contribution in [2.75, 3.05) is 60.5 Å². The second kappa shape index (κ2) is 37.1. The van der Waals surface area contributed by atoms with E-state index in [1.54, 1.807) is 13.8 Å². The quantitative estimate of drug-likeness (QED) is 0.0334. The monoisotopic (exact) mass is 1440 g/mol. The van der Waals surface area contributed by atoms with E-state index in [-0.39, 0.29) is 32.7 Å². The molecule has 1 radical (unpaired) electrons.